The van der Waals surface area contributed by atoms with Crippen molar-refractivity contribution in [2.24, 2.45) is 0 Å². The van der Waals surface area contributed by atoms with Gasteiger partial charge in [-0.15, -0.1) is 10.2 Å². The molecule has 0 aromatic carbocycles. The average molecular weight is 302 g/mol. The lowest BCUT2D eigenvalue weighted by Crippen LogP contribution is -2.31. The second-order valence-corrected chi connectivity index (χ2v) is 5.16. The van der Waals surface area contributed by atoms with Crippen molar-refractivity contribution >= 4 is 5.91 Å². The summed E-state index contributed by atoms with van der Waals surface area (Å²) in [5.41, 5.74) is 0.629. The largest absolute Gasteiger partial charge is 0.419 e. The summed E-state index contributed by atoms with van der Waals surface area (Å²) in [6, 6.07) is 5.47. The molecule has 7 heteroatoms. The topological polar surface area (TPSA) is 90.1 Å². The maximum absolute atomic E-state index is 11.8. The molecule has 2 aromatic heterocycles. The van der Waals surface area contributed by atoms with Gasteiger partial charge in [0.15, 0.2) is 0 Å². The molecular formula is C15H18N4O3. The lowest BCUT2D eigenvalue weighted by atomic mass is 10.2. The number of rotatable bonds is 6. The first-order valence-corrected chi connectivity index (χ1v) is 7.43. The number of nitrogens with one attached hydrogen (secondary N) is 1. The molecule has 0 bridgehead atoms. The number of carbonyl (C=O) groups is 1. The van der Waals surface area contributed by atoms with E-state index in [1.165, 1.54) is 0 Å². The second kappa shape index (κ2) is 7.13. The van der Waals surface area contributed by atoms with Gasteiger partial charge in [0.2, 0.25) is 11.8 Å². The summed E-state index contributed by atoms with van der Waals surface area (Å²) >= 11 is 0. The van der Waals surface area contributed by atoms with Crippen LogP contribution in [0.25, 0.3) is 11.6 Å². The smallest absolute Gasteiger partial charge is 0.266 e. The first-order valence-electron chi connectivity index (χ1n) is 7.43. The minimum atomic E-state index is -0.0342. The van der Waals surface area contributed by atoms with Crippen LogP contribution in [0.1, 0.15) is 25.2 Å². The van der Waals surface area contributed by atoms with Crippen molar-refractivity contribution in [1.82, 2.24) is 20.5 Å². The van der Waals surface area contributed by atoms with Crippen LogP contribution in [0.4, 0.5) is 0 Å². The molecule has 1 saturated heterocycles. The first kappa shape index (κ1) is 14.6. The van der Waals surface area contributed by atoms with Gasteiger partial charge in [-0.25, -0.2) is 0 Å². The molecule has 1 unspecified atom stereocenters. The SMILES string of the molecule is O=C(CCc1nnc(-c2ccccn2)o1)NCC1CCCO1. The maximum Gasteiger partial charge on any atom is 0.266 e. The molecule has 7 nitrogen and oxygen atoms in total. The molecule has 1 amide bonds. The molecule has 1 aliphatic rings. The summed E-state index contributed by atoms with van der Waals surface area (Å²) < 4.78 is 11.0. The highest BCUT2D eigenvalue weighted by molar-refractivity contribution is 5.76. The summed E-state index contributed by atoms with van der Waals surface area (Å²) in [4.78, 5) is 15.9. The van der Waals surface area contributed by atoms with Crippen LogP contribution in [0.15, 0.2) is 28.8 Å². The fraction of sp³-hybridized carbons (Fsp3) is 0.467. The van der Waals surface area contributed by atoms with E-state index in [1.54, 1.807) is 12.3 Å². The highest BCUT2D eigenvalue weighted by Crippen LogP contribution is 2.15. The van der Waals surface area contributed by atoms with Crippen LogP contribution in [0, 0.1) is 0 Å². The molecule has 0 spiro atoms. The quantitative estimate of drug-likeness (QED) is 0.866. The van der Waals surface area contributed by atoms with Gasteiger partial charge >= 0.3 is 0 Å². The van der Waals surface area contributed by atoms with Gasteiger partial charge in [0.1, 0.15) is 5.69 Å². The Kier molecular flexibility index (Phi) is 4.75. The Hall–Kier alpha value is -2.28. The zero-order valence-electron chi connectivity index (χ0n) is 12.2. The van der Waals surface area contributed by atoms with Crippen LogP contribution < -0.4 is 5.32 Å². The highest BCUT2D eigenvalue weighted by atomic mass is 16.5. The number of hydrogen-bond acceptors (Lipinski definition) is 6. The van der Waals surface area contributed by atoms with E-state index >= 15 is 0 Å². The molecule has 1 N–H and O–H groups in total. The number of carbonyl (C=O) groups excluding carboxylic acids is 1. The van der Waals surface area contributed by atoms with Crippen molar-refractivity contribution in [3.63, 3.8) is 0 Å². The molecule has 3 heterocycles. The summed E-state index contributed by atoms with van der Waals surface area (Å²) in [7, 11) is 0. The molecule has 1 atom stereocenters. The van der Waals surface area contributed by atoms with Gasteiger partial charge in [-0.3, -0.25) is 9.78 Å². The zero-order valence-corrected chi connectivity index (χ0v) is 12.2. The van der Waals surface area contributed by atoms with Crippen LogP contribution in [-0.2, 0) is 16.0 Å². The van der Waals surface area contributed by atoms with Gasteiger partial charge in [-0.2, -0.15) is 0 Å². The number of nitrogens with zero attached hydrogens (tertiary/aromatic N) is 3. The molecule has 3 rings (SSSR count). The van der Waals surface area contributed by atoms with Gasteiger partial charge in [-0.1, -0.05) is 6.07 Å². The van der Waals surface area contributed by atoms with Gasteiger partial charge in [-0.05, 0) is 25.0 Å². The molecule has 0 saturated carbocycles. The highest BCUT2D eigenvalue weighted by Gasteiger charge is 2.16. The molecule has 116 valence electrons. The van der Waals surface area contributed by atoms with E-state index < -0.39 is 0 Å². The summed E-state index contributed by atoms with van der Waals surface area (Å²) in [6.45, 7) is 1.36. The number of ether oxygens (including phenoxy) is 1. The molecule has 0 aliphatic carbocycles. The maximum atomic E-state index is 11.8. The van der Waals surface area contributed by atoms with E-state index in [-0.39, 0.29) is 12.0 Å². The Balaban J connectivity index is 1.45. The van der Waals surface area contributed by atoms with Crippen LogP contribution in [0.3, 0.4) is 0 Å². The third-order valence-corrected chi connectivity index (χ3v) is 3.47. The van der Waals surface area contributed by atoms with Crippen LogP contribution in [0.2, 0.25) is 0 Å². The van der Waals surface area contributed by atoms with Gasteiger partial charge < -0.3 is 14.5 Å². The molecule has 1 aliphatic heterocycles. The standard InChI is InChI=1S/C15H18N4O3/c20-13(17-10-11-4-3-9-21-11)6-7-14-18-19-15(22-14)12-5-1-2-8-16-12/h1-2,5,8,11H,3-4,6-7,9-10H2,(H,17,20). The van der Waals surface area contributed by atoms with E-state index in [0.717, 1.165) is 19.4 Å². The van der Waals surface area contributed by atoms with E-state index in [4.69, 9.17) is 9.15 Å². The molecule has 2 aromatic rings. The van der Waals surface area contributed by atoms with Crippen molar-refractivity contribution in [2.75, 3.05) is 13.2 Å². The Morgan fingerprint density at radius 2 is 2.32 bits per heavy atom. The molecular weight excluding hydrogens is 284 g/mol. The normalized spacial score (nSPS) is 17.5. The Morgan fingerprint density at radius 1 is 1.36 bits per heavy atom. The Morgan fingerprint density at radius 3 is 3.09 bits per heavy atom. The predicted octanol–water partition coefficient (Wildman–Crippen LogP) is 1.36. The summed E-state index contributed by atoms with van der Waals surface area (Å²) in [5, 5.41) is 10.8. The lowest BCUT2D eigenvalue weighted by molar-refractivity contribution is -0.121. The van der Waals surface area contributed by atoms with Crippen molar-refractivity contribution in [3.05, 3.63) is 30.3 Å². The Labute approximate surface area is 128 Å². The lowest BCUT2D eigenvalue weighted by Gasteiger charge is -2.10. The summed E-state index contributed by atoms with van der Waals surface area (Å²) in [6.07, 6.45) is 4.63. The van der Waals surface area contributed by atoms with E-state index in [9.17, 15) is 4.79 Å². The fourth-order valence-corrected chi connectivity index (χ4v) is 2.29. The number of aryl methyl sites for hydroxylation is 1. The van der Waals surface area contributed by atoms with Gasteiger partial charge in [0.05, 0.1) is 6.10 Å². The third kappa shape index (κ3) is 3.88. The number of hydrogen-bond donors (Lipinski definition) is 1. The predicted molar refractivity (Wildman–Crippen MR) is 77.8 cm³/mol. The fourth-order valence-electron chi connectivity index (χ4n) is 2.29. The van der Waals surface area contributed by atoms with E-state index in [2.05, 4.69) is 20.5 Å². The number of aromatic nitrogens is 3. The molecule has 1 fully saturated rings. The van der Waals surface area contributed by atoms with Crippen molar-refractivity contribution < 1.29 is 13.9 Å². The monoisotopic (exact) mass is 302 g/mol. The van der Waals surface area contributed by atoms with Crippen molar-refractivity contribution in [1.29, 1.82) is 0 Å². The average Bonchev–Trinajstić information content (AvgIpc) is 3.23. The van der Waals surface area contributed by atoms with E-state index in [0.29, 0.717) is 36.9 Å². The van der Waals surface area contributed by atoms with Crippen LogP contribution in [0.5, 0.6) is 0 Å². The first-order chi connectivity index (χ1) is 10.8. The minimum absolute atomic E-state index is 0.0342. The van der Waals surface area contributed by atoms with Crippen molar-refractivity contribution in [2.45, 2.75) is 31.8 Å². The van der Waals surface area contributed by atoms with Gasteiger partial charge in [0, 0.05) is 32.2 Å². The summed E-state index contributed by atoms with van der Waals surface area (Å²) in [5.74, 6) is 0.774. The van der Waals surface area contributed by atoms with Crippen LogP contribution in [-0.4, -0.2) is 40.3 Å². The Bertz CT molecular complexity index is 608. The molecule has 22 heavy (non-hydrogen) atoms. The van der Waals surface area contributed by atoms with Crippen LogP contribution >= 0.6 is 0 Å². The number of amides is 1. The minimum Gasteiger partial charge on any atom is -0.419 e. The number of pyridine rings is 1. The van der Waals surface area contributed by atoms with E-state index in [1.807, 2.05) is 12.1 Å². The molecule has 0 radical (unpaired) electrons. The second-order valence-electron chi connectivity index (χ2n) is 5.16. The van der Waals surface area contributed by atoms with Gasteiger partial charge in [0.25, 0.3) is 5.89 Å². The zero-order chi connectivity index (χ0) is 15.2. The van der Waals surface area contributed by atoms with Crippen molar-refractivity contribution in [3.8, 4) is 11.6 Å². The third-order valence-electron chi connectivity index (χ3n) is 3.47.